The van der Waals surface area contributed by atoms with Crippen LogP contribution in [0.15, 0.2) is 24.3 Å². The summed E-state index contributed by atoms with van der Waals surface area (Å²) in [5.41, 5.74) is 2.64. The molecule has 5 heteroatoms. The maximum Gasteiger partial charge on any atom is 0.410 e. The van der Waals surface area contributed by atoms with Crippen LogP contribution in [-0.2, 0) is 16.0 Å². The van der Waals surface area contributed by atoms with E-state index in [1.165, 1.54) is 10.9 Å². The van der Waals surface area contributed by atoms with Crippen LogP contribution in [-0.4, -0.2) is 34.4 Å². The smallest absolute Gasteiger partial charge is 0.410 e. The molecule has 0 saturated heterocycles. The lowest BCUT2D eigenvalue weighted by Gasteiger charge is -2.36. The van der Waals surface area contributed by atoms with Crippen molar-refractivity contribution in [2.45, 2.75) is 45.3 Å². The van der Waals surface area contributed by atoms with Crippen LogP contribution in [0, 0.1) is 0 Å². The summed E-state index contributed by atoms with van der Waals surface area (Å²) in [4.78, 5) is 28.7. The molecule has 1 aromatic heterocycles. The predicted molar refractivity (Wildman–Crippen MR) is 88.4 cm³/mol. The van der Waals surface area contributed by atoms with E-state index in [4.69, 9.17) is 4.74 Å². The Kier molecular flexibility index (Phi) is 3.88. The van der Waals surface area contributed by atoms with Gasteiger partial charge in [-0.05, 0) is 38.8 Å². The number of hydrogen-bond acceptors (Lipinski definition) is 3. The topological polar surface area (TPSA) is 62.4 Å². The van der Waals surface area contributed by atoms with Gasteiger partial charge in [0.15, 0.2) is 0 Å². The lowest BCUT2D eigenvalue weighted by molar-refractivity contribution is -0.109. The largest absolute Gasteiger partial charge is 0.444 e. The van der Waals surface area contributed by atoms with E-state index in [1.807, 2.05) is 39.0 Å². The van der Waals surface area contributed by atoms with E-state index < -0.39 is 5.60 Å². The molecule has 0 spiro atoms. The number of carbonyl (C=O) groups is 2. The number of benzene rings is 1. The summed E-state index contributed by atoms with van der Waals surface area (Å²) in [6.07, 6.45) is 1.52. The predicted octanol–water partition coefficient (Wildman–Crippen LogP) is 3.59. The molecule has 0 fully saturated rings. The second kappa shape index (κ2) is 5.72. The maximum absolute atomic E-state index is 12.5. The standard InChI is InChI=1S/C18H22N2O3/c1-18(2,3)23-17(22)20-10-8-13-12-6-4-5-7-14(12)19-16(13)15(20)9-11-21/h4-7,11,15,19H,8-10H2,1-3H3. The number of rotatable bonds is 2. The van der Waals surface area contributed by atoms with Gasteiger partial charge in [0.25, 0.3) is 0 Å². The van der Waals surface area contributed by atoms with Gasteiger partial charge in [-0.3, -0.25) is 4.90 Å². The van der Waals surface area contributed by atoms with Crippen LogP contribution < -0.4 is 0 Å². The van der Waals surface area contributed by atoms with Crippen LogP contribution >= 0.6 is 0 Å². The molecule has 0 saturated carbocycles. The highest BCUT2D eigenvalue weighted by Crippen LogP contribution is 2.36. The van der Waals surface area contributed by atoms with Crippen LogP contribution in [0.3, 0.4) is 0 Å². The summed E-state index contributed by atoms with van der Waals surface area (Å²) in [7, 11) is 0. The van der Waals surface area contributed by atoms with Gasteiger partial charge in [-0.2, -0.15) is 0 Å². The minimum atomic E-state index is -0.552. The first-order valence-corrected chi connectivity index (χ1v) is 7.93. The number of ether oxygens (including phenoxy) is 1. The maximum atomic E-state index is 12.5. The molecule has 0 bridgehead atoms. The molecular formula is C18H22N2O3. The van der Waals surface area contributed by atoms with E-state index in [0.717, 1.165) is 23.9 Å². The van der Waals surface area contributed by atoms with Crippen LogP contribution in [0.1, 0.15) is 44.5 Å². The number of nitrogens with one attached hydrogen (secondary N) is 1. The number of amides is 1. The zero-order valence-electron chi connectivity index (χ0n) is 13.8. The molecule has 2 aromatic rings. The SMILES string of the molecule is CC(C)(C)OC(=O)N1CCc2c([nH]c3ccccc23)C1CC=O. The van der Waals surface area contributed by atoms with Gasteiger partial charge in [-0.1, -0.05) is 18.2 Å². The third-order valence-corrected chi connectivity index (χ3v) is 4.11. The average Bonchev–Trinajstić information content (AvgIpc) is 2.85. The third kappa shape index (κ3) is 2.96. The zero-order valence-corrected chi connectivity index (χ0v) is 13.8. The highest BCUT2D eigenvalue weighted by Gasteiger charge is 2.35. The number of aromatic amines is 1. The molecule has 0 aliphatic carbocycles. The number of fused-ring (bicyclic) bond motifs is 3. The van der Waals surface area contributed by atoms with Crippen LogP contribution in [0.2, 0.25) is 0 Å². The van der Waals surface area contributed by atoms with Gasteiger partial charge in [0.05, 0.1) is 6.04 Å². The Morgan fingerprint density at radius 2 is 2.13 bits per heavy atom. The zero-order chi connectivity index (χ0) is 16.6. The van der Waals surface area contributed by atoms with Gasteiger partial charge in [-0.15, -0.1) is 0 Å². The van der Waals surface area contributed by atoms with Gasteiger partial charge in [0, 0.05) is 29.6 Å². The summed E-state index contributed by atoms with van der Waals surface area (Å²) >= 11 is 0. The van der Waals surface area contributed by atoms with Crippen LogP contribution in [0.5, 0.6) is 0 Å². The van der Waals surface area contributed by atoms with Crippen molar-refractivity contribution in [3.8, 4) is 0 Å². The van der Waals surface area contributed by atoms with Gasteiger partial charge >= 0.3 is 6.09 Å². The van der Waals surface area contributed by atoms with E-state index in [0.29, 0.717) is 6.54 Å². The van der Waals surface area contributed by atoms with E-state index in [1.54, 1.807) is 4.90 Å². The number of aromatic nitrogens is 1. The minimum absolute atomic E-state index is 0.263. The van der Waals surface area contributed by atoms with Crippen molar-refractivity contribution in [3.63, 3.8) is 0 Å². The lowest BCUT2D eigenvalue weighted by Crippen LogP contribution is -2.43. The summed E-state index contributed by atoms with van der Waals surface area (Å²) in [5.74, 6) is 0. The molecule has 1 amide bonds. The Hall–Kier alpha value is -2.30. The Morgan fingerprint density at radius 1 is 1.39 bits per heavy atom. The van der Waals surface area contributed by atoms with E-state index in [2.05, 4.69) is 11.1 Å². The van der Waals surface area contributed by atoms with Crippen molar-refractivity contribution >= 4 is 23.3 Å². The van der Waals surface area contributed by atoms with Crippen molar-refractivity contribution < 1.29 is 14.3 Å². The molecule has 0 radical (unpaired) electrons. The summed E-state index contributed by atoms with van der Waals surface area (Å²) < 4.78 is 5.50. The summed E-state index contributed by atoms with van der Waals surface area (Å²) in [6.45, 7) is 6.09. The van der Waals surface area contributed by atoms with Gasteiger partial charge in [0.2, 0.25) is 0 Å². The van der Waals surface area contributed by atoms with Crippen LogP contribution in [0.4, 0.5) is 4.79 Å². The van der Waals surface area contributed by atoms with E-state index in [-0.39, 0.29) is 18.6 Å². The van der Waals surface area contributed by atoms with Gasteiger partial charge < -0.3 is 14.5 Å². The number of carbonyl (C=O) groups excluding carboxylic acids is 2. The number of nitrogens with zero attached hydrogens (tertiary/aromatic N) is 1. The van der Waals surface area contributed by atoms with Crippen molar-refractivity contribution in [1.29, 1.82) is 0 Å². The molecule has 1 N–H and O–H groups in total. The first-order chi connectivity index (χ1) is 10.9. The molecule has 1 aliphatic heterocycles. The fourth-order valence-electron chi connectivity index (χ4n) is 3.19. The van der Waals surface area contributed by atoms with Crippen molar-refractivity contribution in [2.75, 3.05) is 6.54 Å². The quantitative estimate of drug-likeness (QED) is 0.862. The summed E-state index contributed by atoms with van der Waals surface area (Å²) in [5, 5.41) is 1.17. The first-order valence-electron chi connectivity index (χ1n) is 7.93. The molecular weight excluding hydrogens is 292 g/mol. The van der Waals surface area contributed by atoms with Crippen molar-refractivity contribution in [1.82, 2.24) is 9.88 Å². The Bertz CT molecular complexity index is 742. The normalized spacial score (nSPS) is 17.9. The number of H-pyrrole nitrogens is 1. The van der Waals surface area contributed by atoms with Gasteiger partial charge in [-0.25, -0.2) is 4.79 Å². The second-order valence-electron chi connectivity index (χ2n) is 6.90. The monoisotopic (exact) mass is 314 g/mol. The number of para-hydroxylation sites is 1. The average molecular weight is 314 g/mol. The Morgan fingerprint density at radius 3 is 2.83 bits per heavy atom. The Labute approximate surface area is 135 Å². The molecule has 1 aliphatic rings. The van der Waals surface area contributed by atoms with E-state index in [9.17, 15) is 9.59 Å². The third-order valence-electron chi connectivity index (χ3n) is 4.11. The van der Waals surface area contributed by atoms with Crippen molar-refractivity contribution in [3.05, 3.63) is 35.5 Å². The molecule has 1 unspecified atom stereocenters. The fraction of sp³-hybridized carbons (Fsp3) is 0.444. The highest BCUT2D eigenvalue weighted by atomic mass is 16.6. The Balaban J connectivity index is 1.99. The molecule has 5 nitrogen and oxygen atoms in total. The molecule has 2 heterocycles. The number of hydrogen-bond donors (Lipinski definition) is 1. The summed E-state index contributed by atoms with van der Waals surface area (Å²) in [6, 6.07) is 7.78. The number of aldehydes is 1. The lowest BCUT2D eigenvalue weighted by atomic mass is 9.96. The van der Waals surface area contributed by atoms with Gasteiger partial charge in [0.1, 0.15) is 11.9 Å². The van der Waals surface area contributed by atoms with Crippen LogP contribution in [0.25, 0.3) is 10.9 Å². The van der Waals surface area contributed by atoms with Crippen molar-refractivity contribution in [2.24, 2.45) is 0 Å². The second-order valence-corrected chi connectivity index (χ2v) is 6.90. The molecule has 23 heavy (non-hydrogen) atoms. The molecule has 3 rings (SSSR count). The molecule has 122 valence electrons. The van der Waals surface area contributed by atoms with E-state index >= 15 is 0 Å². The first kappa shape index (κ1) is 15.6. The highest BCUT2D eigenvalue weighted by molar-refractivity contribution is 5.86. The molecule has 1 atom stereocenters. The molecule has 1 aromatic carbocycles. The minimum Gasteiger partial charge on any atom is -0.444 e. The fourth-order valence-corrected chi connectivity index (χ4v) is 3.19.